The van der Waals surface area contributed by atoms with E-state index in [0.29, 0.717) is 18.6 Å². The number of nitrogens with zero attached hydrogens (tertiary/aromatic N) is 3. The van der Waals surface area contributed by atoms with Crippen LogP contribution in [0.2, 0.25) is 0 Å². The minimum atomic E-state index is -0.684. The average Bonchev–Trinajstić information content (AvgIpc) is 2.42. The van der Waals surface area contributed by atoms with Gasteiger partial charge in [0.15, 0.2) is 0 Å². The smallest absolute Gasteiger partial charge is 0.295 e. The summed E-state index contributed by atoms with van der Waals surface area (Å²) in [5, 5.41) is 22.2. The lowest BCUT2D eigenvalue weighted by Gasteiger charge is -2.50. The lowest BCUT2D eigenvalue weighted by atomic mass is 9.82. The van der Waals surface area contributed by atoms with Crippen LogP contribution in [-0.2, 0) is 0 Å². The Morgan fingerprint density at radius 1 is 1.38 bits per heavy atom. The number of para-hydroxylation sites is 1. The largest absolute Gasteiger partial charge is 0.386 e. The normalized spacial score (nSPS) is 17.0. The Morgan fingerprint density at radius 2 is 2.10 bits per heavy atom. The second-order valence-corrected chi connectivity index (χ2v) is 5.87. The van der Waals surface area contributed by atoms with E-state index in [-0.39, 0.29) is 11.6 Å². The highest BCUT2D eigenvalue weighted by Gasteiger charge is 2.44. The average molecular weight is 287 g/mol. The predicted octanol–water partition coefficient (Wildman–Crippen LogP) is 2.35. The zero-order chi connectivity index (χ0) is 15.2. The summed E-state index contributed by atoms with van der Waals surface area (Å²) in [5.41, 5.74) is 0.596. The van der Waals surface area contributed by atoms with Gasteiger partial charge in [-0.15, -0.1) is 0 Å². The number of β-amino-alcohol motifs (C(OH)–C–C–N with tert-alkyl or cyclic N) is 1. The first kappa shape index (κ1) is 13.8. The summed E-state index contributed by atoms with van der Waals surface area (Å²) in [6, 6.07) is 6.79. The van der Waals surface area contributed by atoms with Gasteiger partial charge < -0.3 is 10.0 Å². The molecule has 0 aliphatic carbocycles. The molecule has 1 fully saturated rings. The van der Waals surface area contributed by atoms with E-state index < -0.39 is 10.5 Å². The standard InChI is InChI=1S/C15H17N3O3/c1-10(2)15(19)8-17(9-15)12-6-7-16-14-11(12)4-3-5-13(14)18(20)21/h3-7,10,19H,8-9H2,1-2H3. The third-order valence-corrected chi connectivity index (χ3v) is 4.27. The molecule has 110 valence electrons. The van der Waals surface area contributed by atoms with Crippen molar-refractivity contribution in [1.82, 2.24) is 4.98 Å². The molecule has 0 spiro atoms. The van der Waals surface area contributed by atoms with Crippen molar-refractivity contribution < 1.29 is 10.0 Å². The number of aliphatic hydroxyl groups is 1. The molecule has 0 amide bonds. The molecule has 6 nitrogen and oxygen atoms in total. The molecule has 0 bridgehead atoms. The number of pyridine rings is 1. The molecular weight excluding hydrogens is 270 g/mol. The first-order chi connectivity index (χ1) is 9.92. The maximum Gasteiger partial charge on any atom is 0.295 e. The molecule has 3 rings (SSSR count). The number of nitro groups is 1. The van der Waals surface area contributed by atoms with E-state index in [1.165, 1.54) is 6.07 Å². The van der Waals surface area contributed by atoms with Crippen molar-refractivity contribution in [3.05, 3.63) is 40.6 Å². The quantitative estimate of drug-likeness (QED) is 0.692. The van der Waals surface area contributed by atoms with Crippen LogP contribution in [0.4, 0.5) is 11.4 Å². The number of rotatable bonds is 3. The number of aromatic nitrogens is 1. The van der Waals surface area contributed by atoms with E-state index in [9.17, 15) is 15.2 Å². The molecule has 21 heavy (non-hydrogen) atoms. The zero-order valence-corrected chi connectivity index (χ0v) is 12.0. The molecule has 0 saturated carbocycles. The van der Waals surface area contributed by atoms with Gasteiger partial charge in [0, 0.05) is 36.4 Å². The van der Waals surface area contributed by atoms with E-state index in [0.717, 1.165) is 11.1 Å². The summed E-state index contributed by atoms with van der Waals surface area (Å²) in [5.74, 6) is 0.177. The zero-order valence-electron chi connectivity index (χ0n) is 12.0. The lowest BCUT2D eigenvalue weighted by Crippen LogP contribution is -2.64. The molecule has 6 heteroatoms. The Labute approximate surface area is 122 Å². The molecule has 0 unspecified atom stereocenters. The van der Waals surface area contributed by atoms with E-state index in [2.05, 4.69) is 4.98 Å². The predicted molar refractivity (Wildman–Crippen MR) is 80.4 cm³/mol. The van der Waals surface area contributed by atoms with Crippen molar-refractivity contribution in [2.45, 2.75) is 19.4 Å². The third kappa shape index (κ3) is 2.12. The van der Waals surface area contributed by atoms with Crippen LogP contribution in [0, 0.1) is 16.0 Å². The Balaban J connectivity index is 2.02. The maximum atomic E-state index is 11.1. The summed E-state index contributed by atoms with van der Waals surface area (Å²) in [4.78, 5) is 16.8. The van der Waals surface area contributed by atoms with E-state index in [1.54, 1.807) is 12.3 Å². The lowest BCUT2D eigenvalue weighted by molar-refractivity contribution is -0.383. The first-order valence-electron chi connectivity index (χ1n) is 6.92. The molecule has 1 saturated heterocycles. The third-order valence-electron chi connectivity index (χ3n) is 4.27. The number of hydrogen-bond donors (Lipinski definition) is 1. The second kappa shape index (κ2) is 4.66. The van der Waals surface area contributed by atoms with Gasteiger partial charge in [0.05, 0.1) is 4.92 Å². The Bertz CT molecular complexity index is 708. The molecule has 1 N–H and O–H groups in total. The number of hydrogen-bond acceptors (Lipinski definition) is 5. The van der Waals surface area contributed by atoms with Crippen molar-refractivity contribution >= 4 is 22.3 Å². The van der Waals surface area contributed by atoms with Crippen LogP contribution in [0.15, 0.2) is 30.5 Å². The Morgan fingerprint density at radius 3 is 2.71 bits per heavy atom. The summed E-state index contributed by atoms with van der Waals surface area (Å²) < 4.78 is 0. The van der Waals surface area contributed by atoms with Crippen LogP contribution < -0.4 is 4.90 Å². The maximum absolute atomic E-state index is 11.1. The van der Waals surface area contributed by atoms with Gasteiger partial charge in [-0.05, 0) is 12.0 Å². The van der Waals surface area contributed by atoms with Gasteiger partial charge >= 0.3 is 0 Å². The molecule has 0 atom stereocenters. The molecule has 2 aromatic rings. The van der Waals surface area contributed by atoms with Crippen LogP contribution in [0.1, 0.15) is 13.8 Å². The van der Waals surface area contributed by atoms with E-state index >= 15 is 0 Å². The van der Waals surface area contributed by atoms with E-state index in [1.807, 2.05) is 30.9 Å². The highest BCUT2D eigenvalue weighted by atomic mass is 16.6. The number of benzene rings is 1. The van der Waals surface area contributed by atoms with Gasteiger partial charge in [-0.1, -0.05) is 26.0 Å². The topological polar surface area (TPSA) is 79.5 Å². The molecule has 2 heterocycles. The first-order valence-corrected chi connectivity index (χ1v) is 6.92. The van der Waals surface area contributed by atoms with Crippen molar-refractivity contribution in [3.63, 3.8) is 0 Å². The van der Waals surface area contributed by atoms with Gasteiger partial charge in [-0.25, -0.2) is 4.98 Å². The van der Waals surface area contributed by atoms with Crippen molar-refractivity contribution in [2.24, 2.45) is 5.92 Å². The molecule has 1 aliphatic rings. The van der Waals surface area contributed by atoms with Gasteiger partial charge in [0.1, 0.15) is 11.1 Å². The molecule has 1 aliphatic heterocycles. The molecule has 1 aromatic heterocycles. The van der Waals surface area contributed by atoms with E-state index in [4.69, 9.17) is 0 Å². The summed E-state index contributed by atoms with van der Waals surface area (Å²) >= 11 is 0. The number of anilines is 1. The number of fused-ring (bicyclic) bond motifs is 1. The van der Waals surface area contributed by atoms with Crippen LogP contribution in [0.25, 0.3) is 10.9 Å². The van der Waals surface area contributed by atoms with Crippen molar-refractivity contribution in [1.29, 1.82) is 0 Å². The highest BCUT2D eigenvalue weighted by Crippen LogP contribution is 2.37. The fraction of sp³-hybridized carbons (Fsp3) is 0.400. The van der Waals surface area contributed by atoms with Crippen molar-refractivity contribution in [3.8, 4) is 0 Å². The summed E-state index contributed by atoms with van der Waals surface area (Å²) in [6.07, 6.45) is 1.58. The fourth-order valence-electron chi connectivity index (χ4n) is 2.72. The van der Waals surface area contributed by atoms with Gasteiger partial charge in [0.2, 0.25) is 0 Å². The minimum Gasteiger partial charge on any atom is -0.386 e. The number of nitro benzene ring substituents is 1. The highest BCUT2D eigenvalue weighted by molar-refractivity contribution is 5.97. The SMILES string of the molecule is CC(C)C1(O)CN(c2ccnc3c([N+](=O)[O-])cccc23)C1. The van der Waals surface area contributed by atoms with Gasteiger partial charge in [0.25, 0.3) is 5.69 Å². The molecule has 1 aromatic carbocycles. The van der Waals surface area contributed by atoms with Crippen LogP contribution in [-0.4, -0.2) is 33.7 Å². The van der Waals surface area contributed by atoms with Crippen LogP contribution in [0.5, 0.6) is 0 Å². The summed E-state index contributed by atoms with van der Waals surface area (Å²) in [6.45, 7) is 5.05. The Hall–Kier alpha value is -2.21. The summed E-state index contributed by atoms with van der Waals surface area (Å²) in [7, 11) is 0. The monoisotopic (exact) mass is 287 g/mol. The second-order valence-electron chi connectivity index (χ2n) is 5.87. The van der Waals surface area contributed by atoms with Crippen molar-refractivity contribution in [2.75, 3.05) is 18.0 Å². The molecule has 0 radical (unpaired) electrons. The fourth-order valence-corrected chi connectivity index (χ4v) is 2.72. The van der Waals surface area contributed by atoms with Gasteiger partial charge in [-0.3, -0.25) is 10.1 Å². The minimum absolute atomic E-state index is 0.00833. The number of non-ortho nitro benzene ring substituents is 1. The molecular formula is C15H17N3O3. The van der Waals surface area contributed by atoms with Gasteiger partial charge in [-0.2, -0.15) is 0 Å². The van der Waals surface area contributed by atoms with Crippen LogP contribution >= 0.6 is 0 Å². The van der Waals surface area contributed by atoms with Crippen LogP contribution in [0.3, 0.4) is 0 Å². The Kier molecular flexibility index (Phi) is 3.06.